The summed E-state index contributed by atoms with van der Waals surface area (Å²) in [4.78, 5) is 7.79. The molecule has 0 atom stereocenters. The van der Waals surface area contributed by atoms with Gasteiger partial charge < -0.3 is 18.9 Å². The van der Waals surface area contributed by atoms with Gasteiger partial charge in [-0.25, -0.2) is 0 Å². The third kappa shape index (κ3) is 4.91. The van der Waals surface area contributed by atoms with Crippen LogP contribution < -0.4 is 4.74 Å². The van der Waals surface area contributed by atoms with E-state index in [1.165, 1.54) is 0 Å². The van der Waals surface area contributed by atoms with Gasteiger partial charge in [-0.1, -0.05) is 42.2 Å². The molecule has 0 unspecified atom stereocenters. The van der Waals surface area contributed by atoms with Gasteiger partial charge in [0.2, 0.25) is 0 Å². The van der Waals surface area contributed by atoms with Crippen molar-refractivity contribution in [3.63, 3.8) is 0 Å². The van der Waals surface area contributed by atoms with Crippen LogP contribution in [0.25, 0.3) is 0 Å². The van der Waals surface area contributed by atoms with Crippen molar-refractivity contribution in [3.05, 3.63) is 51.9 Å². The Balaban J connectivity index is 2.26. The highest BCUT2D eigenvalue weighted by atomic mass is 35.5. The second-order valence-electron chi connectivity index (χ2n) is 5.26. The fourth-order valence-electron chi connectivity index (χ4n) is 2.35. The van der Waals surface area contributed by atoms with Crippen LogP contribution in [-0.2, 0) is 4.84 Å². The summed E-state index contributed by atoms with van der Waals surface area (Å²) in [6.45, 7) is 7.44. The predicted octanol–water partition coefficient (Wildman–Crippen LogP) is 4.71. The zero-order chi connectivity index (χ0) is 18.2. The van der Waals surface area contributed by atoms with Crippen molar-refractivity contribution in [2.45, 2.75) is 13.8 Å². The quantitative estimate of drug-likeness (QED) is 0.357. The maximum absolute atomic E-state index is 6.41. The van der Waals surface area contributed by atoms with Gasteiger partial charge >= 0.3 is 0 Å². The first-order valence-electron chi connectivity index (χ1n) is 8.09. The van der Waals surface area contributed by atoms with Crippen molar-refractivity contribution >= 4 is 28.9 Å². The largest absolute Gasteiger partial charge is 0.495 e. The van der Waals surface area contributed by atoms with Crippen molar-refractivity contribution in [3.8, 4) is 5.75 Å². The van der Waals surface area contributed by atoms with Crippen LogP contribution in [0.2, 0.25) is 10.0 Å². The molecule has 0 radical (unpaired) electrons. The summed E-state index contributed by atoms with van der Waals surface area (Å²) in [5.41, 5.74) is 1.96. The van der Waals surface area contributed by atoms with Crippen molar-refractivity contribution in [2.75, 3.05) is 33.4 Å². The Bertz CT molecular complexity index is 699. The van der Waals surface area contributed by atoms with E-state index in [-0.39, 0.29) is 0 Å². The first-order valence-corrected chi connectivity index (χ1v) is 8.85. The lowest BCUT2D eigenvalue weighted by Crippen LogP contribution is -2.26. The number of benzene rings is 1. The molecular weight excluding hydrogens is 363 g/mol. The van der Waals surface area contributed by atoms with Crippen LogP contribution in [0.3, 0.4) is 0 Å². The lowest BCUT2D eigenvalue weighted by molar-refractivity contribution is 0.114. The Kier molecular flexibility index (Phi) is 7.62. The molecule has 0 amide bonds. The molecule has 1 aromatic heterocycles. The molecule has 0 aliphatic heterocycles. The molecule has 7 heteroatoms. The van der Waals surface area contributed by atoms with Gasteiger partial charge in [0.1, 0.15) is 23.1 Å². The molecule has 2 aromatic rings. The normalized spacial score (nSPS) is 11.8. The Morgan fingerprint density at radius 3 is 2.52 bits per heavy atom. The van der Waals surface area contributed by atoms with E-state index in [0.717, 1.165) is 25.2 Å². The van der Waals surface area contributed by atoms with Crippen molar-refractivity contribution in [2.24, 2.45) is 5.16 Å². The Labute approximate surface area is 158 Å². The van der Waals surface area contributed by atoms with E-state index in [2.05, 4.69) is 23.9 Å². The zero-order valence-electron chi connectivity index (χ0n) is 14.6. The molecule has 0 bridgehead atoms. The molecule has 0 fully saturated rings. The van der Waals surface area contributed by atoms with E-state index >= 15 is 0 Å². The summed E-state index contributed by atoms with van der Waals surface area (Å²) in [5, 5.41) is 4.97. The van der Waals surface area contributed by atoms with E-state index in [1.807, 2.05) is 0 Å². The van der Waals surface area contributed by atoms with Crippen molar-refractivity contribution in [1.29, 1.82) is 0 Å². The summed E-state index contributed by atoms with van der Waals surface area (Å²) >= 11 is 12.7. The van der Waals surface area contributed by atoms with Gasteiger partial charge in [-0.05, 0) is 31.3 Å². The number of oxime groups is 1. The molecule has 0 saturated heterocycles. The van der Waals surface area contributed by atoms with E-state index in [1.54, 1.807) is 37.8 Å². The lowest BCUT2D eigenvalue weighted by Gasteiger charge is -2.17. The fourth-order valence-corrected chi connectivity index (χ4v) is 2.84. The molecule has 0 aliphatic carbocycles. The molecule has 0 N–H and O–H groups in total. The maximum Gasteiger partial charge on any atom is 0.139 e. The average molecular weight is 385 g/mol. The number of rotatable bonds is 9. The highest BCUT2D eigenvalue weighted by Crippen LogP contribution is 2.35. The summed E-state index contributed by atoms with van der Waals surface area (Å²) in [6, 6.07) is 5.34. The Hall–Kier alpha value is -1.69. The van der Waals surface area contributed by atoms with E-state index < -0.39 is 0 Å². The second-order valence-corrected chi connectivity index (χ2v) is 6.01. The number of likely N-dealkylation sites (N-methyl/N-ethyl adjacent to an activating group) is 1. The second kappa shape index (κ2) is 9.70. The maximum atomic E-state index is 6.41. The summed E-state index contributed by atoms with van der Waals surface area (Å²) < 4.78 is 10.4. The minimum absolute atomic E-state index is 0.334. The smallest absolute Gasteiger partial charge is 0.139 e. The summed E-state index contributed by atoms with van der Waals surface area (Å²) in [5.74, 6) is 0.504. The minimum atomic E-state index is 0.334. The number of halogens is 2. The van der Waals surface area contributed by atoms with Gasteiger partial charge in [-0.15, -0.1) is 0 Å². The Morgan fingerprint density at radius 1 is 1.16 bits per heavy atom. The molecule has 1 heterocycles. The monoisotopic (exact) mass is 384 g/mol. The van der Waals surface area contributed by atoms with E-state index in [9.17, 15) is 0 Å². The van der Waals surface area contributed by atoms with Crippen LogP contribution >= 0.6 is 23.2 Å². The third-order valence-electron chi connectivity index (χ3n) is 3.87. The van der Waals surface area contributed by atoms with Crippen LogP contribution in [-0.4, -0.2) is 44.0 Å². The highest BCUT2D eigenvalue weighted by molar-refractivity contribution is 6.45. The van der Waals surface area contributed by atoms with Gasteiger partial charge in [0.25, 0.3) is 0 Å². The number of hydrogen-bond donors (Lipinski definition) is 0. The van der Waals surface area contributed by atoms with Gasteiger partial charge in [0, 0.05) is 17.7 Å². The first-order chi connectivity index (χ1) is 12.1. The predicted molar refractivity (Wildman–Crippen MR) is 101 cm³/mol. The lowest BCUT2D eigenvalue weighted by atomic mass is 10.0. The zero-order valence-corrected chi connectivity index (χ0v) is 16.1. The molecule has 25 heavy (non-hydrogen) atoms. The molecule has 2 rings (SSSR count). The number of ether oxygens (including phenoxy) is 1. The van der Waals surface area contributed by atoms with Gasteiger partial charge in [-0.2, -0.15) is 0 Å². The van der Waals surface area contributed by atoms with Crippen LogP contribution in [0.15, 0.2) is 40.3 Å². The van der Waals surface area contributed by atoms with Gasteiger partial charge in [0.15, 0.2) is 0 Å². The van der Waals surface area contributed by atoms with Crippen LogP contribution in [0.5, 0.6) is 5.75 Å². The van der Waals surface area contributed by atoms with Crippen LogP contribution in [0.4, 0.5) is 0 Å². The third-order valence-corrected chi connectivity index (χ3v) is 4.73. The standard InChI is InChI=1S/C18H22Cl2N2O3/c1-4-22(5-2)9-11-25-21-18(13-8-10-24-12-13)14-6-7-15(23-3)17(20)16(14)19/h6-8,10,12H,4-5,9,11H2,1-3H3. The minimum Gasteiger partial charge on any atom is -0.495 e. The molecule has 0 saturated carbocycles. The van der Waals surface area contributed by atoms with Crippen LogP contribution in [0, 0.1) is 0 Å². The molecule has 0 aliphatic rings. The SMILES string of the molecule is CCN(CC)CCON=C(c1ccoc1)c1ccc(OC)c(Cl)c1Cl. The molecular formula is C18H22Cl2N2O3. The topological polar surface area (TPSA) is 47.2 Å². The number of hydrogen-bond acceptors (Lipinski definition) is 5. The number of furan rings is 1. The molecule has 136 valence electrons. The highest BCUT2D eigenvalue weighted by Gasteiger charge is 2.18. The van der Waals surface area contributed by atoms with Gasteiger partial charge in [0.05, 0.1) is 24.7 Å². The number of methoxy groups -OCH3 is 1. The first kappa shape index (κ1) is 19.6. The fraction of sp³-hybridized carbons (Fsp3) is 0.389. The molecule has 0 spiro atoms. The average Bonchev–Trinajstić information content (AvgIpc) is 3.16. The summed E-state index contributed by atoms with van der Waals surface area (Å²) in [6.07, 6.45) is 3.15. The Morgan fingerprint density at radius 2 is 1.92 bits per heavy atom. The van der Waals surface area contributed by atoms with Crippen molar-refractivity contribution < 1.29 is 14.0 Å². The molecule has 5 nitrogen and oxygen atoms in total. The van der Waals surface area contributed by atoms with E-state index in [0.29, 0.717) is 33.7 Å². The van der Waals surface area contributed by atoms with Gasteiger partial charge in [-0.3, -0.25) is 0 Å². The number of nitrogens with zero attached hydrogens (tertiary/aromatic N) is 2. The molecule has 1 aromatic carbocycles. The van der Waals surface area contributed by atoms with E-state index in [4.69, 9.17) is 37.2 Å². The van der Waals surface area contributed by atoms with Crippen LogP contribution in [0.1, 0.15) is 25.0 Å². The van der Waals surface area contributed by atoms with Crippen molar-refractivity contribution in [1.82, 2.24) is 4.90 Å². The summed E-state index contributed by atoms with van der Waals surface area (Å²) in [7, 11) is 1.54.